The number of phenolic OH excluding ortho intramolecular Hbond substituents is 1. The van der Waals surface area contributed by atoms with Crippen molar-refractivity contribution in [3.05, 3.63) is 48.8 Å². The van der Waals surface area contributed by atoms with Gasteiger partial charge in [-0.3, -0.25) is 10.3 Å². The molecule has 0 aliphatic rings. The number of benzene rings is 1. The van der Waals surface area contributed by atoms with Gasteiger partial charge in [0.1, 0.15) is 16.9 Å². The van der Waals surface area contributed by atoms with Gasteiger partial charge in [0, 0.05) is 23.3 Å². The fourth-order valence-electron chi connectivity index (χ4n) is 2.41. The summed E-state index contributed by atoms with van der Waals surface area (Å²) < 4.78 is 5.27. The summed E-state index contributed by atoms with van der Waals surface area (Å²) in [4.78, 5) is 20.5. The first-order chi connectivity index (χ1) is 11.8. The topological polar surface area (TPSA) is 84.3 Å². The maximum absolute atomic E-state index is 12.0. The van der Waals surface area contributed by atoms with Crippen LogP contribution in [0.4, 0.5) is 10.5 Å². The number of fused-ring (bicyclic) bond motifs is 1. The van der Waals surface area contributed by atoms with Crippen LogP contribution in [-0.2, 0) is 4.74 Å². The Kier molecular flexibility index (Phi) is 4.27. The molecule has 1 amide bonds. The van der Waals surface area contributed by atoms with E-state index in [2.05, 4.69) is 15.3 Å². The number of carbonyl (C=O) groups excluding carboxylic acids is 1. The summed E-state index contributed by atoms with van der Waals surface area (Å²) in [6, 6.07) is 10.4. The maximum atomic E-state index is 12.0. The lowest BCUT2D eigenvalue weighted by Gasteiger charge is -2.20. The zero-order valence-corrected chi connectivity index (χ0v) is 14.3. The van der Waals surface area contributed by atoms with E-state index in [4.69, 9.17) is 4.74 Å². The van der Waals surface area contributed by atoms with E-state index in [-0.39, 0.29) is 5.75 Å². The number of carbonyl (C=O) groups is 1. The number of hydrogen-bond acceptors (Lipinski definition) is 5. The van der Waals surface area contributed by atoms with Crippen molar-refractivity contribution in [2.24, 2.45) is 0 Å². The summed E-state index contributed by atoms with van der Waals surface area (Å²) in [5.74, 6) is 0.0423. The fourth-order valence-corrected chi connectivity index (χ4v) is 2.41. The Labute approximate surface area is 145 Å². The van der Waals surface area contributed by atoms with Gasteiger partial charge in [-0.1, -0.05) is 0 Å². The lowest BCUT2D eigenvalue weighted by molar-refractivity contribution is 0.0636. The summed E-state index contributed by atoms with van der Waals surface area (Å²) in [5.41, 5.74) is 1.93. The minimum Gasteiger partial charge on any atom is -0.506 e. The van der Waals surface area contributed by atoms with Gasteiger partial charge >= 0.3 is 6.09 Å². The second kappa shape index (κ2) is 6.39. The van der Waals surface area contributed by atoms with Crippen molar-refractivity contribution in [1.29, 1.82) is 0 Å². The Hall–Kier alpha value is -3.15. The molecule has 0 aliphatic carbocycles. The highest BCUT2D eigenvalue weighted by Crippen LogP contribution is 2.32. The van der Waals surface area contributed by atoms with Crippen molar-refractivity contribution in [2.75, 3.05) is 5.32 Å². The highest BCUT2D eigenvalue weighted by molar-refractivity contribution is 6.01. The zero-order chi connectivity index (χ0) is 18.0. The third kappa shape index (κ3) is 3.85. The van der Waals surface area contributed by atoms with Gasteiger partial charge in [-0.15, -0.1) is 0 Å². The van der Waals surface area contributed by atoms with Crippen LogP contribution in [0, 0.1) is 0 Å². The molecule has 0 saturated carbocycles. The number of aromatic hydroxyl groups is 1. The molecular weight excluding hydrogens is 318 g/mol. The molecule has 0 bridgehead atoms. The second-order valence-electron chi connectivity index (χ2n) is 6.59. The number of hydrogen-bond donors (Lipinski definition) is 2. The van der Waals surface area contributed by atoms with Gasteiger partial charge in [-0.05, 0) is 57.2 Å². The van der Waals surface area contributed by atoms with Gasteiger partial charge in [0.05, 0.1) is 11.4 Å². The highest BCUT2D eigenvalue weighted by Gasteiger charge is 2.18. The molecule has 6 nitrogen and oxygen atoms in total. The first-order valence-corrected chi connectivity index (χ1v) is 7.86. The first-order valence-electron chi connectivity index (χ1n) is 7.86. The van der Waals surface area contributed by atoms with E-state index >= 15 is 0 Å². The van der Waals surface area contributed by atoms with E-state index in [1.54, 1.807) is 39.2 Å². The quantitative estimate of drug-likeness (QED) is 0.679. The summed E-state index contributed by atoms with van der Waals surface area (Å²) in [5, 5.41) is 13.5. The molecule has 2 heterocycles. The van der Waals surface area contributed by atoms with E-state index in [0.717, 1.165) is 5.56 Å². The number of nitrogens with one attached hydrogen (secondary N) is 1. The van der Waals surface area contributed by atoms with Crippen molar-refractivity contribution in [1.82, 2.24) is 9.97 Å². The van der Waals surface area contributed by atoms with Crippen LogP contribution in [0.25, 0.3) is 22.2 Å². The summed E-state index contributed by atoms with van der Waals surface area (Å²) in [6.07, 6.45) is 2.81. The Balaban J connectivity index is 1.99. The molecule has 0 atom stereocenters. The lowest BCUT2D eigenvalue weighted by atomic mass is 10.1. The number of aromatic nitrogens is 2. The Morgan fingerprint density at radius 2 is 1.80 bits per heavy atom. The molecule has 6 heteroatoms. The van der Waals surface area contributed by atoms with Crippen molar-refractivity contribution in [3.8, 4) is 17.0 Å². The molecule has 25 heavy (non-hydrogen) atoms. The number of ether oxygens (including phenoxy) is 1. The largest absolute Gasteiger partial charge is 0.506 e. The third-order valence-corrected chi connectivity index (χ3v) is 3.45. The Morgan fingerprint density at radius 3 is 2.48 bits per heavy atom. The van der Waals surface area contributed by atoms with Crippen LogP contribution in [-0.4, -0.2) is 26.8 Å². The zero-order valence-electron chi connectivity index (χ0n) is 14.3. The third-order valence-electron chi connectivity index (χ3n) is 3.45. The summed E-state index contributed by atoms with van der Waals surface area (Å²) >= 11 is 0. The van der Waals surface area contributed by atoms with E-state index in [9.17, 15) is 9.90 Å². The molecule has 128 valence electrons. The van der Waals surface area contributed by atoms with E-state index in [0.29, 0.717) is 22.3 Å². The number of pyridine rings is 2. The number of amides is 1. The number of rotatable bonds is 2. The maximum Gasteiger partial charge on any atom is 0.412 e. The van der Waals surface area contributed by atoms with Crippen LogP contribution in [0.15, 0.2) is 48.8 Å². The van der Waals surface area contributed by atoms with Crippen LogP contribution in [0.2, 0.25) is 0 Å². The van der Waals surface area contributed by atoms with Crippen LogP contribution in [0.5, 0.6) is 5.75 Å². The molecule has 0 saturated heterocycles. The average molecular weight is 337 g/mol. The van der Waals surface area contributed by atoms with Gasteiger partial charge in [0.15, 0.2) is 0 Å². The Bertz CT molecular complexity index is 918. The predicted molar refractivity (Wildman–Crippen MR) is 96.5 cm³/mol. The standard InChI is InChI=1S/C19H19N3O3/c1-19(2,3)25-18(24)22-15-6-7-16(23)17-13(15)4-5-14(21-17)12-8-10-20-11-9-12/h4-11,23H,1-3H3,(H,22,24). The van der Waals surface area contributed by atoms with Gasteiger partial charge in [-0.2, -0.15) is 0 Å². The average Bonchev–Trinajstić information content (AvgIpc) is 2.56. The van der Waals surface area contributed by atoms with Crippen LogP contribution >= 0.6 is 0 Å². The number of anilines is 1. The van der Waals surface area contributed by atoms with E-state index in [1.165, 1.54) is 6.07 Å². The van der Waals surface area contributed by atoms with Crippen molar-refractivity contribution in [3.63, 3.8) is 0 Å². The predicted octanol–water partition coefficient (Wildman–Crippen LogP) is 4.35. The molecule has 0 aliphatic heterocycles. The molecular formula is C19H19N3O3. The Morgan fingerprint density at radius 1 is 1.08 bits per heavy atom. The fraction of sp³-hybridized carbons (Fsp3) is 0.211. The van der Waals surface area contributed by atoms with Gasteiger partial charge in [-0.25, -0.2) is 9.78 Å². The van der Waals surface area contributed by atoms with E-state index in [1.807, 2.05) is 24.3 Å². The van der Waals surface area contributed by atoms with Crippen LogP contribution < -0.4 is 5.32 Å². The van der Waals surface area contributed by atoms with Gasteiger partial charge in [0.2, 0.25) is 0 Å². The van der Waals surface area contributed by atoms with E-state index < -0.39 is 11.7 Å². The molecule has 0 spiro atoms. The number of phenols is 1. The molecule has 2 aromatic heterocycles. The molecule has 3 rings (SSSR count). The minimum atomic E-state index is -0.594. The van der Waals surface area contributed by atoms with Crippen molar-refractivity contribution >= 4 is 22.7 Å². The molecule has 1 aromatic carbocycles. The summed E-state index contributed by atoms with van der Waals surface area (Å²) in [7, 11) is 0. The molecule has 0 fully saturated rings. The first kappa shape index (κ1) is 16.7. The highest BCUT2D eigenvalue weighted by atomic mass is 16.6. The molecule has 3 aromatic rings. The lowest BCUT2D eigenvalue weighted by Crippen LogP contribution is -2.27. The second-order valence-corrected chi connectivity index (χ2v) is 6.59. The van der Waals surface area contributed by atoms with Crippen molar-refractivity contribution < 1.29 is 14.6 Å². The molecule has 2 N–H and O–H groups in total. The smallest absolute Gasteiger partial charge is 0.412 e. The molecule has 0 unspecified atom stereocenters. The van der Waals surface area contributed by atoms with Crippen LogP contribution in [0.3, 0.4) is 0 Å². The molecule has 0 radical (unpaired) electrons. The number of nitrogens with zero attached hydrogens (tertiary/aromatic N) is 2. The minimum absolute atomic E-state index is 0.0423. The van der Waals surface area contributed by atoms with Gasteiger partial charge < -0.3 is 9.84 Å². The van der Waals surface area contributed by atoms with Gasteiger partial charge in [0.25, 0.3) is 0 Å². The normalized spacial score (nSPS) is 11.3. The van der Waals surface area contributed by atoms with Crippen molar-refractivity contribution in [2.45, 2.75) is 26.4 Å². The van der Waals surface area contributed by atoms with Crippen LogP contribution in [0.1, 0.15) is 20.8 Å². The summed E-state index contributed by atoms with van der Waals surface area (Å²) in [6.45, 7) is 5.39. The monoisotopic (exact) mass is 337 g/mol. The SMILES string of the molecule is CC(C)(C)OC(=O)Nc1ccc(O)c2nc(-c3ccncc3)ccc12.